The minimum atomic E-state index is -0.928. The summed E-state index contributed by atoms with van der Waals surface area (Å²) in [4.78, 5) is 56.0. The topological polar surface area (TPSA) is 117 Å². The van der Waals surface area contributed by atoms with Gasteiger partial charge in [0.1, 0.15) is 24.3 Å². The first-order valence-electron chi connectivity index (χ1n) is 15.5. The monoisotopic (exact) mass is 632 g/mol. The molecule has 2 atom stereocenters. The minimum Gasteiger partial charge on any atom is -0.444 e. The largest absolute Gasteiger partial charge is 0.444 e. The number of carbonyl (C=O) groups excluding carboxylic acids is 4. The highest BCUT2D eigenvalue weighted by molar-refractivity contribution is 5.93. The maximum Gasteiger partial charge on any atom is 0.408 e. The minimum absolute atomic E-state index is 0.0312. The Morgan fingerprint density at radius 2 is 1.41 bits per heavy atom. The molecule has 0 aromatic heterocycles. The molecule has 0 saturated heterocycles. The van der Waals surface area contributed by atoms with E-state index < -0.39 is 35.2 Å². The van der Waals surface area contributed by atoms with Crippen molar-refractivity contribution in [3.05, 3.63) is 83.9 Å². The van der Waals surface area contributed by atoms with E-state index in [1.54, 1.807) is 55.8 Å². The number of fused-ring (bicyclic) bond motifs is 1. The van der Waals surface area contributed by atoms with Crippen molar-refractivity contribution in [2.45, 2.75) is 70.7 Å². The maximum absolute atomic E-state index is 14.3. The number of amides is 4. The number of rotatable bonds is 13. The van der Waals surface area contributed by atoms with Gasteiger partial charge < -0.3 is 29.9 Å². The molecule has 10 nitrogen and oxygen atoms in total. The Kier molecular flexibility index (Phi) is 12.3. The fraction of sp³-hybridized carbons (Fsp3) is 0.444. The number of ether oxygens (including phenoxy) is 2. The lowest BCUT2D eigenvalue weighted by Crippen LogP contribution is -2.56. The first-order valence-corrected chi connectivity index (χ1v) is 15.5. The fourth-order valence-corrected chi connectivity index (χ4v) is 5.15. The predicted octanol–water partition coefficient (Wildman–Crippen LogP) is 4.34. The summed E-state index contributed by atoms with van der Waals surface area (Å²) in [6, 6.07) is 21.5. The molecule has 0 heterocycles. The van der Waals surface area contributed by atoms with Crippen LogP contribution in [0.4, 0.5) is 4.79 Å². The van der Waals surface area contributed by atoms with Crippen LogP contribution in [0.15, 0.2) is 72.8 Å². The van der Waals surface area contributed by atoms with Crippen molar-refractivity contribution >= 4 is 34.6 Å². The van der Waals surface area contributed by atoms with E-state index in [0.717, 1.165) is 21.9 Å². The van der Waals surface area contributed by atoms with E-state index >= 15 is 0 Å². The summed E-state index contributed by atoms with van der Waals surface area (Å²) >= 11 is 0. The second-order valence-electron chi connectivity index (χ2n) is 13.1. The Bertz CT molecular complexity index is 1500. The van der Waals surface area contributed by atoms with Crippen LogP contribution in [0.1, 0.15) is 45.7 Å². The number of carbonyl (C=O) groups is 4. The Hall–Kier alpha value is -4.44. The van der Waals surface area contributed by atoms with Gasteiger partial charge in [0.25, 0.3) is 0 Å². The molecule has 0 saturated carbocycles. The van der Waals surface area contributed by atoms with Gasteiger partial charge in [0.05, 0.1) is 12.1 Å². The van der Waals surface area contributed by atoms with E-state index in [2.05, 4.69) is 10.6 Å². The summed E-state index contributed by atoms with van der Waals surface area (Å²) < 4.78 is 11.1. The number of nitrogens with zero attached hydrogens (tertiary/aromatic N) is 2. The molecular weight excluding hydrogens is 584 g/mol. The second-order valence-corrected chi connectivity index (χ2v) is 13.1. The van der Waals surface area contributed by atoms with Gasteiger partial charge in [-0.2, -0.15) is 0 Å². The van der Waals surface area contributed by atoms with Crippen LogP contribution >= 0.6 is 0 Å². The first kappa shape index (κ1) is 36.0. The summed E-state index contributed by atoms with van der Waals surface area (Å²) in [5.41, 5.74) is 0.322. The SMILES string of the molecule is CNC(=O)[C@@H](Cc1ccccc1)N(C)C(=O)[C@@H](Cc1cccc2ccccc12)N(C)C(=O)COCC(C)(C)NC(=O)OC(C)(C)C. The zero-order chi connectivity index (χ0) is 34.1. The van der Waals surface area contributed by atoms with Crippen molar-refractivity contribution in [2.24, 2.45) is 0 Å². The van der Waals surface area contributed by atoms with Crippen LogP contribution in [0.2, 0.25) is 0 Å². The standard InChI is InChI=1S/C36H48N4O6/c1-35(2,3)46-34(44)38-36(4,5)24-45-23-31(41)39(7)30(22-27-19-14-18-26-17-12-13-20-28(26)27)33(43)40(8)29(32(42)37-6)21-25-15-10-9-11-16-25/h9-20,29-30H,21-24H2,1-8H3,(H,37,42)(H,38,44)/t29-,30-/m1/s1. The molecule has 0 unspecified atom stereocenters. The van der Waals surface area contributed by atoms with Crippen molar-refractivity contribution in [3.8, 4) is 0 Å². The van der Waals surface area contributed by atoms with Gasteiger partial charge in [-0.15, -0.1) is 0 Å². The smallest absolute Gasteiger partial charge is 0.408 e. The lowest BCUT2D eigenvalue weighted by molar-refractivity contribution is -0.149. The molecule has 2 N–H and O–H groups in total. The summed E-state index contributed by atoms with van der Waals surface area (Å²) in [7, 11) is 4.71. The fourth-order valence-electron chi connectivity index (χ4n) is 5.15. The summed E-state index contributed by atoms with van der Waals surface area (Å²) in [6.45, 7) is 8.56. The molecule has 0 spiro atoms. The molecule has 4 amide bonds. The van der Waals surface area contributed by atoms with E-state index in [1.165, 1.54) is 9.80 Å². The van der Waals surface area contributed by atoms with Gasteiger partial charge in [-0.25, -0.2) is 4.79 Å². The van der Waals surface area contributed by atoms with Crippen LogP contribution < -0.4 is 10.6 Å². The van der Waals surface area contributed by atoms with Gasteiger partial charge in [-0.3, -0.25) is 14.4 Å². The van der Waals surface area contributed by atoms with Gasteiger partial charge in [-0.1, -0.05) is 72.8 Å². The van der Waals surface area contributed by atoms with Gasteiger partial charge >= 0.3 is 6.09 Å². The van der Waals surface area contributed by atoms with Gasteiger partial charge in [-0.05, 0) is 56.5 Å². The predicted molar refractivity (Wildman–Crippen MR) is 179 cm³/mol. The summed E-state index contributed by atoms with van der Waals surface area (Å²) in [6.07, 6.45) is -0.0522. The highest BCUT2D eigenvalue weighted by Crippen LogP contribution is 2.23. The van der Waals surface area contributed by atoms with Gasteiger partial charge in [0, 0.05) is 34.0 Å². The number of nitrogens with one attached hydrogen (secondary N) is 2. The third-order valence-corrected chi connectivity index (χ3v) is 7.60. The van der Waals surface area contributed by atoms with Crippen LogP contribution in [0.25, 0.3) is 10.8 Å². The molecule has 0 radical (unpaired) electrons. The zero-order valence-corrected chi connectivity index (χ0v) is 28.3. The number of alkyl carbamates (subject to hydrolysis) is 1. The van der Waals surface area contributed by atoms with E-state index in [4.69, 9.17) is 9.47 Å². The molecule has 0 fully saturated rings. The van der Waals surface area contributed by atoms with Gasteiger partial charge in [0.15, 0.2) is 0 Å². The lowest BCUT2D eigenvalue weighted by Gasteiger charge is -2.35. The average Bonchev–Trinajstić information content (AvgIpc) is 3.00. The molecule has 248 valence electrons. The number of hydrogen-bond donors (Lipinski definition) is 2. The van der Waals surface area contributed by atoms with E-state index in [-0.39, 0.29) is 31.4 Å². The highest BCUT2D eigenvalue weighted by atomic mass is 16.6. The molecule has 3 aromatic rings. The lowest BCUT2D eigenvalue weighted by atomic mass is 9.96. The van der Waals surface area contributed by atoms with E-state index in [1.807, 2.05) is 72.8 Å². The molecule has 0 aliphatic heterocycles. The summed E-state index contributed by atoms with van der Waals surface area (Å²) in [5.74, 6) is -1.10. The first-order chi connectivity index (χ1) is 21.6. The van der Waals surface area contributed by atoms with E-state index in [0.29, 0.717) is 6.42 Å². The van der Waals surface area contributed by atoms with Crippen molar-refractivity contribution in [2.75, 3.05) is 34.4 Å². The molecule has 10 heteroatoms. The van der Waals surface area contributed by atoms with Crippen LogP contribution in [0, 0.1) is 0 Å². The quantitative estimate of drug-likeness (QED) is 0.290. The Morgan fingerprint density at radius 3 is 2.07 bits per heavy atom. The molecule has 3 rings (SSSR count). The van der Waals surface area contributed by atoms with Crippen molar-refractivity contribution < 1.29 is 28.7 Å². The Balaban J connectivity index is 1.84. The molecule has 0 bridgehead atoms. The summed E-state index contributed by atoms with van der Waals surface area (Å²) in [5, 5.41) is 7.44. The molecule has 0 aliphatic rings. The maximum atomic E-state index is 14.3. The normalized spacial score (nSPS) is 13.0. The average molecular weight is 633 g/mol. The highest BCUT2D eigenvalue weighted by Gasteiger charge is 2.35. The van der Waals surface area contributed by atoms with Crippen LogP contribution in [-0.2, 0) is 36.7 Å². The van der Waals surface area contributed by atoms with Crippen LogP contribution in [-0.4, -0.2) is 91.2 Å². The molecule has 0 aliphatic carbocycles. The molecule has 46 heavy (non-hydrogen) atoms. The van der Waals surface area contributed by atoms with Crippen LogP contribution in [0.3, 0.4) is 0 Å². The zero-order valence-electron chi connectivity index (χ0n) is 28.3. The molecule has 3 aromatic carbocycles. The third-order valence-electron chi connectivity index (χ3n) is 7.60. The number of likely N-dealkylation sites (N-methyl/N-ethyl adjacent to an activating group) is 3. The van der Waals surface area contributed by atoms with Crippen molar-refractivity contribution in [3.63, 3.8) is 0 Å². The van der Waals surface area contributed by atoms with Crippen LogP contribution in [0.5, 0.6) is 0 Å². The number of hydrogen-bond acceptors (Lipinski definition) is 6. The number of benzene rings is 3. The third kappa shape index (κ3) is 10.3. The second kappa shape index (κ2) is 15.7. The Morgan fingerprint density at radius 1 is 0.783 bits per heavy atom. The Labute approximate surface area is 272 Å². The van der Waals surface area contributed by atoms with Crippen molar-refractivity contribution in [1.82, 2.24) is 20.4 Å². The molecular formula is C36H48N4O6. The van der Waals surface area contributed by atoms with Crippen molar-refractivity contribution in [1.29, 1.82) is 0 Å². The van der Waals surface area contributed by atoms with E-state index in [9.17, 15) is 19.2 Å². The van der Waals surface area contributed by atoms with Gasteiger partial charge in [0.2, 0.25) is 17.7 Å².